The van der Waals surface area contributed by atoms with Crippen molar-refractivity contribution in [1.29, 1.82) is 0 Å². The number of carbonyl (C=O) groups is 1. The molecule has 1 fully saturated rings. The second-order valence-electron chi connectivity index (χ2n) is 9.17. The van der Waals surface area contributed by atoms with Crippen LogP contribution in [0.3, 0.4) is 0 Å². The number of unbranched alkanes of at least 4 members (excludes halogenated alkanes) is 2. The number of carboxylic acid groups (broad SMARTS) is 1. The molecule has 0 saturated carbocycles. The summed E-state index contributed by atoms with van der Waals surface area (Å²) in [7, 11) is -4.19. The lowest BCUT2D eigenvalue weighted by atomic mass is 9.94. The number of sulfonamides is 1. The van der Waals surface area contributed by atoms with Gasteiger partial charge in [0.05, 0.1) is 24.5 Å². The number of aliphatic hydroxyl groups excluding tert-OH is 4. The molecular formula is C24H35NO10S. The number of para-hydroxylation sites is 1. The van der Waals surface area contributed by atoms with Gasteiger partial charge in [-0.1, -0.05) is 38.0 Å². The van der Waals surface area contributed by atoms with Crippen LogP contribution < -0.4 is 4.72 Å². The average Bonchev–Trinajstić information content (AvgIpc) is 3.22. The Balaban J connectivity index is 1.89. The standard InChI is InChI=1S/C24H35NO10S/c1-2-3-4-7-15-8-5-6-9-17(15)25-36(32,33)20-10-11-24(12-16(20)23(30)31)34-21(18(28)13-26)22(35-24)19(29)14-27/h5-6,8-9,12,18-22,25-29H,2-4,7,10-11,13-14H2,1H3,(H,30,31). The Labute approximate surface area is 210 Å². The van der Waals surface area contributed by atoms with E-state index in [-0.39, 0.29) is 12.8 Å². The maximum Gasteiger partial charge on any atom is 0.332 e. The number of anilines is 1. The molecule has 36 heavy (non-hydrogen) atoms. The maximum absolute atomic E-state index is 13.4. The molecule has 0 aromatic heterocycles. The fourth-order valence-electron chi connectivity index (χ4n) is 4.65. The van der Waals surface area contributed by atoms with Crippen molar-refractivity contribution in [2.24, 2.45) is 0 Å². The number of hydrogen-bond donors (Lipinski definition) is 6. The van der Waals surface area contributed by atoms with Crippen molar-refractivity contribution in [3.05, 3.63) is 41.5 Å². The molecule has 3 rings (SSSR count). The van der Waals surface area contributed by atoms with Crippen molar-refractivity contribution >= 4 is 21.7 Å². The van der Waals surface area contributed by atoms with Crippen LogP contribution in [-0.4, -0.2) is 88.6 Å². The molecule has 202 valence electrons. The molecule has 5 atom stereocenters. The van der Waals surface area contributed by atoms with Crippen LogP contribution in [-0.2, 0) is 30.7 Å². The molecule has 5 unspecified atom stereocenters. The zero-order valence-electron chi connectivity index (χ0n) is 20.1. The smallest absolute Gasteiger partial charge is 0.332 e. The van der Waals surface area contributed by atoms with E-state index < -0.39 is 70.2 Å². The molecule has 1 heterocycles. The minimum Gasteiger partial charge on any atom is -0.478 e. The first kappa shape index (κ1) is 28.5. The summed E-state index contributed by atoms with van der Waals surface area (Å²) in [5.41, 5.74) is 0.727. The minimum absolute atomic E-state index is 0.100. The Morgan fingerprint density at radius 2 is 1.72 bits per heavy atom. The third kappa shape index (κ3) is 6.25. The van der Waals surface area contributed by atoms with Crippen LogP contribution in [0.25, 0.3) is 0 Å². The molecule has 1 aromatic rings. The van der Waals surface area contributed by atoms with E-state index in [1.54, 1.807) is 12.1 Å². The summed E-state index contributed by atoms with van der Waals surface area (Å²) in [6.45, 7) is 0.612. The maximum atomic E-state index is 13.4. The van der Waals surface area contributed by atoms with Crippen LogP contribution in [0.15, 0.2) is 35.9 Å². The highest BCUT2D eigenvalue weighted by atomic mass is 32.2. The van der Waals surface area contributed by atoms with Crippen molar-refractivity contribution in [3.8, 4) is 0 Å². The fraction of sp³-hybridized carbons (Fsp3) is 0.625. The number of carboxylic acids is 1. The van der Waals surface area contributed by atoms with E-state index in [1.165, 1.54) is 0 Å². The first-order valence-electron chi connectivity index (χ1n) is 12.1. The van der Waals surface area contributed by atoms with Gasteiger partial charge >= 0.3 is 5.97 Å². The molecule has 6 N–H and O–H groups in total. The molecule has 1 aliphatic carbocycles. The van der Waals surface area contributed by atoms with Crippen LogP contribution >= 0.6 is 0 Å². The molecule has 1 aliphatic heterocycles. The van der Waals surface area contributed by atoms with E-state index >= 15 is 0 Å². The number of rotatable bonds is 12. The van der Waals surface area contributed by atoms with Gasteiger partial charge in [-0.25, -0.2) is 13.2 Å². The van der Waals surface area contributed by atoms with E-state index in [1.807, 2.05) is 12.1 Å². The molecule has 1 saturated heterocycles. The molecule has 2 aliphatic rings. The first-order chi connectivity index (χ1) is 17.1. The van der Waals surface area contributed by atoms with Crippen LogP contribution in [0.1, 0.15) is 44.6 Å². The van der Waals surface area contributed by atoms with Crippen molar-refractivity contribution in [3.63, 3.8) is 0 Å². The second kappa shape index (κ2) is 12.0. The summed E-state index contributed by atoms with van der Waals surface area (Å²) in [4.78, 5) is 12.1. The number of ether oxygens (including phenoxy) is 2. The Morgan fingerprint density at radius 1 is 1.11 bits per heavy atom. The highest BCUT2D eigenvalue weighted by molar-refractivity contribution is 7.93. The Hall–Kier alpha value is -2.06. The van der Waals surface area contributed by atoms with Gasteiger partial charge in [0.15, 0.2) is 5.79 Å². The summed E-state index contributed by atoms with van der Waals surface area (Å²) >= 11 is 0. The first-order valence-corrected chi connectivity index (χ1v) is 13.6. The lowest BCUT2D eigenvalue weighted by Gasteiger charge is -2.33. The van der Waals surface area contributed by atoms with Crippen molar-refractivity contribution in [2.45, 2.75) is 80.9 Å². The monoisotopic (exact) mass is 529 g/mol. The Morgan fingerprint density at radius 3 is 2.28 bits per heavy atom. The molecule has 11 nitrogen and oxygen atoms in total. The predicted molar refractivity (Wildman–Crippen MR) is 130 cm³/mol. The van der Waals surface area contributed by atoms with E-state index in [4.69, 9.17) is 9.47 Å². The van der Waals surface area contributed by atoms with Crippen LogP contribution in [0.2, 0.25) is 0 Å². The van der Waals surface area contributed by atoms with Gasteiger partial charge < -0.3 is 35.0 Å². The number of hydrogen-bond acceptors (Lipinski definition) is 9. The molecule has 0 radical (unpaired) electrons. The predicted octanol–water partition coefficient (Wildman–Crippen LogP) is 0.521. The highest BCUT2D eigenvalue weighted by Gasteiger charge is 2.54. The third-order valence-corrected chi connectivity index (χ3v) is 8.29. The molecule has 0 bridgehead atoms. The van der Waals surface area contributed by atoms with E-state index in [9.17, 15) is 38.7 Å². The SMILES string of the molecule is CCCCCc1ccccc1NS(=O)(=O)C1CCC2(C=C1C(=O)O)OC(C(O)CO)C(C(O)CO)O2. The summed E-state index contributed by atoms with van der Waals surface area (Å²) in [6, 6.07) is 6.98. The van der Waals surface area contributed by atoms with Gasteiger partial charge in [-0.15, -0.1) is 0 Å². The number of benzene rings is 1. The van der Waals surface area contributed by atoms with Gasteiger partial charge in [-0.05, 0) is 37.0 Å². The van der Waals surface area contributed by atoms with Crippen molar-refractivity contribution < 1.29 is 48.2 Å². The summed E-state index contributed by atoms with van der Waals surface area (Å²) in [5, 5.41) is 47.4. The van der Waals surface area contributed by atoms with Crippen LogP contribution in [0, 0.1) is 0 Å². The molecule has 1 spiro atoms. The fourth-order valence-corrected chi connectivity index (χ4v) is 6.23. The number of aliphatic hydroxyl groups is 4. The zero-order chi connectivity index (χ0) is 26.5. The van der Waals surface area contributed by atoms with Gasteiger partial charge in [-0.3, -0.25) is 4.72 Å². The summed E-state index contributed by atoms with van der Waals surface area (Å²) in [5.74, 6) is -3.24. The molecule has 0 amide bonds. The normalized spacial score (nSPS) is 28.0. The Kier molecular flexibility index (Phi) is 9.50. The quantitative estimate of drug-likeness (QED) is 0.209. The minimum atomic E-state index is -4.19. The number of aliphatic carboxylic acids is 1. The van der Waals surface area contributed by atoms with Crippen LogP contribution in [0.4, 0.5) is 5.69 Å². The topological polar surface area (TPSA) is 183 Å². The average molecular weight is 530 g/mol. The van der Waals surface area contributed by atoms with Crippen molar-refractivity contribution in [2.75, 3.05) is 17.9 Å². The van der Waals surface area contributed by atoms with E-state index in [0.29, 0.717) is 12.1 Å². The number of nitrogens with one attached hydrogen (secondary N) is 1. The summed E-state index contributed by atoms with van der Waals surface area (Å²) < 4.78 is 40.8. The van der Waals surface area contributed by atoms with Crippen LogP contribution in [0.5, 0.6) is 0 Å². The van der Waals surface area contributed by atoms with E-state index in [0.717, 1.165) is 30.9 Å². The van der Waals surface area contributed by atoms with Gasteiger partial charge in [0, 0.05) is 6.42 Å². The van der Waals surface area contributed by atoms with Crippen molar-refractivity contribution in [1.82, 2.24) is 0 Å². The highest BCUT2D eigenvalue weighted by Crippen LogP contribution is 2.42. The molecule has 1 aromatic carbocycles. The van der Waals surface area contributed by atoms with Gasteiger partial charge in [-0.2, -0.15) is 0 Å². The molecular weight excluding hydrogens is 494 g/mol. The Bertz CT molecular complexity index is 1030. The third-order valence-electron chi connectivity index (χ3n) is 6.55. The summed E-state index contributed by atoms with van der Waals surface area (Å²) in [6.07, 6.45) is -1.19. The van der Waals surface area contributed by atoms with Gasteiger partial charge in [0.1, 0.15) is 29.7 Å². The lowest BCUT2D eigenvalue weighted by Crippen LogP contribution is -2.45. The largest absolute Gasteiger partial charge is 0.478 e. The second-order valence-corrected chi connectivity index (χ2v) is 11.0. The zero-order valence-corrected chi connectivity index (χ0v) is 20.9. The van der Waals surface area contributed by atoms with Gasteiger partial charge in [0.25, 0.3) is 0 Å². The van der Waals surface area contributed by atoms with E-state index in [2.05, 4.69) is 11.6 Å². The molecule has 12 heteroatoms. The lowest BCUT2D eigenvalue weighted by molar-refractivity contribution is -0.163. The number of aryl methyl sites for hydroxylation is 1. The van der Waals surface area contributed by atoms with Gasteiger partial charge in [0.2, 0.25) is 10.0 Å².